The first-order chi connectivity index (χ1) is 13.4. The number of nitrogens with one attached hydrogen (secondary N) is 1. The highest BCUT2D eigenvalue weighted by atomic mass is 35.5. The van der Waals surface area contributed by atoms with Crippen LogP contribution in [-0.2, 0) is 17.9 Å². The number of rotatable bonds is 6. The van der Waals surface area contributed by atoms with E-state index in [0.29, 0.717) is 11.1 Å². The van der Waals surface area contributed by atoms with Gasteiger partial charge in [-0.25, -0.2) is 0 Å². The monoisotopic (exact) mass is 402 g/mol. The van der Waals surface area contributed by atoms with E-state index in [1.54, 1.807) is 12.2 Å². The van der Waals surface area contributed by atoms with E-state index in [1.807, 2.05) is 28.9 Å². The SMILES string of the molecule is Cc1nn(CC(C)C)c(Cl)c1/C=C/C(=O)N1CC[NH+](Cc2ccncc2)CC1. The first kappa shape index (κ1) is 20.6. The largest absolute Gasteiger partial charge is 0.328 e. The van der Waals surface area contributed by atoms with Crippen molar-refractivity contribution in [2.75, 3.05) is 26.2 Å². The Kier molecular flexibility index (Phi) is 6.86. The summed E-state index contributed by atoms with van der Waals surface area (Å²) in [6.45, 7) is 11.4. The van der Waals surface area contributed by atoms with Crippen molar-refractivity contribution in [3.8, 4) is 0 Å². The predicted octanol–water partition coefficient (Wildman–Crippen LogP) is 1.84. The second-order valence-corrected chi connectivity index (χ2v) is 8.16. The summed E-state index contributed by atoms with van der Waals surface area (Å²) in [7, 11) is 0. The zero-order valence-electron chi connectivity index (χ0n) is 16.9. The van der Waals surface area contributed by atoms with Crippen LogP contribution in [0, 0.1) is 12.8 Å². The number of carbonyl (C=O) groups excluding carboxylic acids is 1. The van der Waals surface area contributed by atoms with Crippen molar-refractivity contribution in [2.45, 2.75) is 33.9 Å². The minimum Gasteiger partial charge on any atom is -0.328 e. The fourth-order valence-electron chi connectivity index (χ4n) is 3.49. The highest BCUT2D eigenvalue weighted by Crippen LogP contribution is 2.22. The van der Waals surface area contributed by atoms with Crippen molar-refractivity contribution in [3.63, 3.8) is 0 Å². The Balaban J connectivity index is 1.55. The zero-order chi connectivity index (χ0) is 20.1. The smallest absolute Gasteiger partial charge is 0.246 e. The van der Waals surface area contributed by atoms with Crippen LogP contribution < -0.4 is 4.90 Å². The van der Waals surface area contributed by atoms with E-state index in [2.05, 4.69) is 36.1 Å². The molecule has 0 radical (unpaired) electrons. The van der Waals surface area contributed by atoms with Gasteiger partial charge in [-0.2, -0.15) is 5.10 Å². The van der Waals surface area contributed by atoms with E-state index in [4.69, 9.17) is 11.6 Å². The standard InChI is InChI=1S/C21H28ClN5O/c1-16(2)14-27-21(22)19(17(3)24-27)4-5-20(28)26-12-10-25(11-13-26)15-18-6-8-23-9-7-18/h4-9,16H,10-15H2,1-3H3/p+1/b5-4+. The number of pyridine rings is 1. The first-order valence-electron chi connectivity index (χ1n) is 9.86. The van der Waals surface area contributed by atoms with Crippen LogP contribution in [0.1, 0.15) is 30.7 Å². The average molecular weight is 403 g/mol. The quantitative estimate of drug-likeness (QED) is 0.750. The number of piperazine rings is 1. The molecule has 0 aromatic carbocycles. The van der Waals surface area contributed by atoms with Crippen molar-refractivity contribution in [3.05, 3.63) is 52.6 Å². The molecule has 2 aromatic heterocycles. The molecule has 0 bridgehead atoms. The minimum atomic E-state index is 0.0371. The fourth-order valence-corrected chi connectivity index (χ4v) is 3.80. The van der Waals surface area contributed by atoms with E-state index in [9.17, 15) is 4.79 Å². The molecule has 3 rings (SSSR count). The van der Waals surface area contributed by atoms with E-state index in [1.165, 1.54) is 10.5 Å². The second-order valence-electron chi connectivity index (χ2n) is 7.81. The predicted molar refractivity (Wildman–Crippen MR) is 111 cm³/mol. The first-order valence-corrected chi connectivity index (χ1v) is 10.2. The van der Waals surface area contributed by atoms with E-state index < -0.39 is 0 Å². The van der Waals surface area contributed by atoms with Crippen molar-refractivity contribution < 1.29 is 9.69 Å². The van der Waals surface area contributed by atoms with Crippen LogP contribution in [0.5, 0.6) is 0 Å². The Morgan fingerprint density at radius 3 is 2.61 bits per heavy atom. The number of hydrogen-bond acceptors (Lipinski definition) is 3. The Morgan fingerprint density at radius 1 is 1.29 bits per heavy atom. The number of amides is 1. The lowest BCUT2D eigenvalue weighted by atomic mass is 10.2. The van der Waals surface area contributed by atoms with Crippen LogP contribution in [0.3, 0.4) is 0 Å². The van der Waals surface area contributed by atoms with E-state index >= 15 is 0 Å². The lowest BCUT2D eigenvalue weighted by molar-refractivity contribution is -0.917. The summed E-state index contributed by atoms with van der Waals surface area (Å²) in [5.41, 5.74) is 2.96. The van der Waals surface area contributed by atoms with Gasteiger partial charge in [0, 0.05) is 36.1 Å². The maximum atomic E-state index is 12.6. The van der Waals surface area contributed by atoms with Gasteiger partial charge < -0.3 is 9.80 Å². The average Bonchev–Trinajstić information content (AvgIpc) is 2.93. The Labute approximate surface area is 171 Å². The van der Waals surface area contributed by atoms with Crippen molar-refractivity contribution >= 4 is 23.6 Å². The highest BCUT2D eigenvalue weighted by Gasteiger charge is 2.22. The molecule has 0 spiro atoms. The molecule has 1 amide bonds. The van der Waals surface area contributed by atoms with E-state index in [0.717, 1.165) is 50.5 Å². The molecule has 7 heteroatoms. The van der Waals surface area contributed by atoms with Crippen LogP contribution in [0.25, 0.3) is 6.08 Å². The second kappa shape index (κ2) is 9.34. The molecular formula is C21H29ClN5O+. The number of hydrogen-bond donors (Lipinski definition) is 1. The molecule has 6 nitrogen and oxygen atoms in total. The molecule has 28 heavy (non-hydrogen) atoms. The highest BCUT2D eigenvalue weighted by molar-refractivity contribution is 6.31. The number of carbonyl (C=O) groups is 1. The molecule has 0 aliphatic carbocycles. The molecule has 0 saturated carbocycles. The summed E-state index contributed by atoms with van der Waals surface area (Å²) in [4.78, 5) is 20.1. The van der Waals surface area contributed by atoms with Crippen molar-refractivity contribution in [2.24, 2.45) is 5.92 Å². The third kappa shape index (κ3) is 5.20. The molecule has 2 aromatic rings. The third-order valence-corrected chi connectivity index (χ3v) is 5.42. The Bertz CT molecular complexity index is 823. The van der Waals surface area contributed by atoms with Crippen LogP contribution >= 0.6 is 11.6 Å². The van der Waals surface area contributed by atoms with Gasteiger partial charge in [0.1, 0.15) is 11.7 Å². The van der Waals surface area contributed by atoms with E-state index in [-0.39, 0.29) is 5.91 Å². The van der Waals surface area contributed by atoms with Gasteiger partial charge in [0.15, 0.2) is 0 Å². The molecule has 1 aliphatic heterocycles. The maximum absolute atomic E-state index is 12.6. The summed E-state index contributed by atoms with van der Waals surface area (Å²) in [6, 6.07) is 4.11. The number of nitrogens with zero attached hydrogens (tertiary/aromatic N) is 4. The van der Waals surface area contributed by atoms with Crippen LogP contribution in [0.15, 0.2) is 30.6 Å². The Hall–Kier alpha value is -2.18. The topological polar surface area (TPSA) is 55.5 Å². The summed E-state index contributed by atoms with van der Waals surface area (Å²) < 4.78 is 1.81. The van der Waals surface area contributed by atoms with Gasteiger partial charge in [-0.3, -0.25) is 14.5 Å². The minimum absolute atomic E-state index is 0.0371. The molecule has 0 unspecified atom stereocenters. The third-order valence-electron chi connectivity index (χ3n) is 5.03. The van der Waals surface area contributed by atoms with Gasteiger partial charge in [0.25, 0.3) is 0 Å². The molecule has 1 N–H and O–H groups in total. The molecule has 1 fully saturated rings. The maximum Gasteiger partial charge on any atom is 0.246 e. The molecule has 150 valence electrons. The normalized spacial score (nSPS) is 15.7. The van der Waals surface area contributed by atoms with Crippen LogP contribution in [-0.4, -0.2) is 51.8 Å². The zero-order valence-corrected chi connectivity index (χ0v) is 17.6. The van der Waals surface area contributed by atoms with Crippen LogP contribution in [0.2, 0.25) is 5.15 Å². The molecule has 1 aliphatic rings. The number of aromatic nitrogens is 3. The number of halogens is 1. The Morgan fingerprint density at radius 2 is 1.96 bits per heavy atom. The fraction of sp³-hybridized carbons (Fsp3) is 0.476. The summed E-state index contributed by atoms with van der Waals surface area (Å²) >= 11 is 6.46. The van der Waals surface area contributed by atoms with Gasteiger partial charge in [0.05, 0.1) is 31.9 Å². The van der Waals surface area contributed by atoms with Crippen molar-refractivity contribution in [1.82, 2.24) is 19.7 Å². The number of aryl methyl sites for hydroxylation is 1. The van der Waals surface area contributed by atoms with Crippen LogP contribution in [0.4, 0.5) is 0 Å². The summed E-state index contributed by atoms with van der Waals surface area (Å²) in [5, 5.41) is 5.09. The lowest BCUT2D eigenvalue weighted by Gasteiger charge is -2.31. The molecule has 1 saturated heterocycles. The number of quaternary nitrogens is 1. The lowest BCUT2D eigenvalue weighted by Crippen LogP contribution is -3.13. The van der Waals surface area contributed by atoms with Gasteiger partial charge in [-0.05, 0) is 31.1 Å². The van der Waals surface area contributed by atoms with Gasteiger partial charge >= 0.3 is 0 Å². The molecular weight excluding hydrogens is 374 g/mol. The van der Waals surface area contributed by atoms with Crippen molar-refractivity contribution in [1.29, 1.82) is 0 Å². The van der Waals surface area contributed by atoms with Gasteiger partial charge in [-0.15, -0.1) is 0 Å². The van der Waals surface area contributed by atoms with Gasteiger partial charge in [0.2, 0.25) is 5.91 Å². The summed E-state index contributed by atoms with van der Waals surface area (Å²) in [6.07, 6.45) is 7.09. The molecule has 0 atom stereocenters. The molecule has 3 heterocycles. The summed E-state index contributed by atoms with van der Waals surface area (Å²) in [5.74, 6) is 0.497. The van der Waals surface area contributed by atoms with Gasteiger partial charge in [-0.1, -0.05) is 25.4 Å².